The predicted molar refractivity (Wildman–Crippen MR) is 116 cm³/mol. The lowest BCUT2D eigenvalue weighted by Crippen LogP contribution is -2.64. The average molecular weight is 392 g/mol. The van der Waals surface area contributed by atoms with Crippen molar-refractivity contribution in [1.82, 2.24) is 0 Å². The second-order valence-electron chi connectivity index (χ2n) is 8.14. The van der Waals surface area contributed by atoms with Gasteiger partial charge in [0.15, 0.2) is 0 Å². The summed E-state index contributed by atoms with van der Waals surface area (Å²) in [4.78, 5) is 5.08. The maximum Gasteiger partial charge on any atom is 0.231 e. The molecule has 0 saturated heterocycles. The van der Waals surface area contributed by atoms with Gasteiger partial charge in [0.2, 0.25) is 5.72 Å². The number of hydrogen-bond acceptors (Lipinski definition) is 4. The highest BCUT2D eigenvalue weighted by Gasteiger charge is 2.60. The summed E-state index contributed by atoms with van der Waals surface area (Å²) < 4.78 is 6.74. The maximum atomic E-state index is 6.74. The highest BCUT2D eigenvalue weighted by Crippen LogP contribution is 2.53. The second kappa shape index (κ2) is 5.72. The molecular weight excluding hydrogens is 370 g/mol. The van der Waals surface area contributed by atoms with E-state index in [0.717, 1.165) is 39.2 Å². The smallest absolute Gasteiger partial charge is 0.231 e. The Bertz CT molecular complexity index is 1150. The van der Waals surface area contributed by atoms with Crippen molar-refractivity contribution in [2.24, 2.45) is 10.7 Å². The van der Waals surface area contributed by atoms with Crippen LogP contribution < -0.4 is 15.8 Å². The molecule has 142 valence electrons. The first-order chi connectivity index (χ1) is 13.3. The van der Waals surface area contributed by atoms with Gasteiger partial charge < -0.3 is 15.8 Å². The zero-order chi connectivity index (χ0) is 19.7. The molecular formula is C23H22ClN3O. The van der Waals surface area contributed by atoms with Crippen LogP contribution in [0.4, 0.5) is 11.4 Å². The Hall–Kier alpha value is -2.56. The molecule has 2 aliphatic heterocycles. The van der Waals surface area contributed by atoms with E-state index in [9.17, 15) is 0 Å². The second-order valence-corrected chi connectivity index (χ2v) is 8.58. The Morgan fingerprint density at radius 2 is 1.89 bits per heavy atom. The monoisotopic (exact) mass is 391 g/mol. The van der Waals surface area contributed by atoms with Crippen LogP contribution in [-0.2, 0) is 5.41 Å². The zero-order valence-corrected chi connectivity index (χ0v) is 16.8. The van der Waals surface area contributed by atoms with Gasteiger partial charge in [-0.15, -0.1) is 0 Å². The van der Waals surface area contributed by atoms with Crippen LogP contribution in [0.25, 0.3) is 10.8 Å². The number of benzene rings is 3. The molecule has 0 bridgehead atoms. The molecule has 0 saturated carbocycles. The molecule has 1 spiro atoms. The number of nitrogens with one attached hydrogen (secondary N) is 1. The number of ether oxygens (including phenoxy) is 1. The number of halogens is 1. The zero-order valence-electron chi connectivity index (χ0n) is 16.1. The molecule has 0 amide bonds. The summed E-state index contributed by atoms with van der Waals surface area (Å²) in [5.74, 6) is 0.752. The Balaban J connectivity index is 1.77. The average Bonchev–Trinajstić information content (AvgIpc) is 2.88. The third-order valence-electron chi connectivity index (χ3n) is 6.00. The van der Waals surface area contributed by atoms with Gasteiger partial charge in [-0.05, 0) is 56.0 Å². The molecule has 0 radical (unpaired) electrons. The van der Waals surface area contributed by atoms with Crippen molar-refractivity contribution >= 4 is 39.5 Å². The van der Waals surface area contributed by atoms with Crippen LogP contribution in [0.1, 0.15) is 26.3 Å². The number of rotatable bonds is 1. The largest absolute Gasteiger partial charge is 0.459 e. The number of nitrogens with two attached hydrogens (primary N) is 1. The summed E-state index contributed by atoms with van der Waals surface area (Å²) in [7, 11) is 0. The Morgan fingerprint density at radius 1 is 1.11 bits per heavy atom. The van der Waals surface area contributed by atoms with E-state index in [1.807, 2.05) is 43.3 Å². The molecule has 4 nitrogen and oxygen atoms in total. The summed E-state index contributed by atoms with van der Waals surface area (Å²) >= 11 is 6.30. The lowest BCUT2D eigenvalue weighted by atomic mass is 9.73. The Labute approximate surface area is 169 Å². The van der Waals surface area contributed by atoms with Crippen molar-refractivity contribution in [3.05, 3.63) is 65.2 Å². The molecule has 5 heteroatoms. The third-order valence-corrected chi connectivity index (χ3v) is 6.23. The van der Waals surface area contributed by atoms with Gasteiger partial charge >= 0.3 is 0 Å². The molecule has 2 atom stereocenters. The summed E-state index contributed by atoms with van der Waals surface area (Å²) in [6.45, 7) is 6.24. The SMILES string of the molecule is CC(N)C1=Nc2c(ccc3ccccc23)OC12Nc1ccc(Cl)cc1C2(C)C. The fraction of sp³-hybridized carbons (Fsp3) is 0.261. The first-order valence-corrected chi connectivity index (χ1v) is 9.85. The van der Waals surface area contributed by atoms with E-state index in [1.54, 1.807) is 0 Å². The Kier molecular flexibility index (Phi) is 3.58. The van der Waals surface area contributed by atoms with E-state index in [2.05, 4.69) is 37.4 Å². The van der Waals surface area contributed by atoms with Crippen molar-refractivity contribution in [1.29, 1.82) is 0 Å². The number of nitrogens with zero attached hydrogens (tertiary/aromatic N) is 1. The molecule has 3 N–H and O–H groups in total. The van der Waals surface area contributed by atoms with Crippen LogP contribution in [0.2, 0.25) is 5.02 Å². The predicted octanol–water partition coefficient (Wildman–Crippen LogP) is 5.40. The minimum Gasteiger partial charge on any atom is -0.459 e. The number of aliphatic imine (C=N–C) groups is 1. The molecule has 3 aromatic carbocycles. The number of fused-ring (bicyclic) bond motifs is 4. The fourth-order valence-electron chi connectivity index (χ4n) is 4.49. The van der Waals surface area contributed by atoms with Gasteiger partial charge in [-0.3, -0.25) is 0 Å². The van der Waals surface area contributed by atoms with E-state index < -0.39 is 11.1 Å². The van der Waals surface area contributed by atoms with E-state index in [0.29, 0.717) is 5.02 Å². The van der Waals surface area contributed by atoms with Gasteiger partial charge in [0.25, 0.3) is 0 Å². The molecule has 2 aliphatic rings. The summed E-state index contributed by atoms with van der Waals surface area (Å²) in [5, 5.41) is 6.48. The molecule has 5 rings (SSSR count). The molecule has 2 heterocycles. The highest BCUT2D eigenvalue weighted by molar-refractivity contribution is 6.30. The molecule has 0 fully saturated rings. The minimum atomic E-state index is -0.871. The van der Waals surface area contributed by atoms with Crippen molar-refractivity contribution < 1.29 is 4.74 Å². The molecule has 3 aromatic rings. The van der Waals surface area contributed by atoms with Crippen LogP contribution >= 0.6 is 11.6 Å². The van der Waals surface area contributed by atoms with Crippen LogP contribution in [0.3, 0.4) is 0 Å². The quantitative estimate of drug-likeness (QED) is 0.583. The van der Waals surface area contributed by atoms with Gasteiger partial charge in [0.05, 0.1) is 5.41 Å². The standard InChI is InChI=1S/C23H22ClN3O/c1-13(25)21-23(22(2,3)17-12-15(24)9-10-18(17)27-23)28-19-11-8-14-6-4-5-7-16(14)20(19)26-21/h4-13,27H,25H2,1-3H3. The van der Waals surface area contributed by atoms with Crippen molar-refractivity contribution in [2.75, 3.05) is 5.32 Å². The summed E-state index contributed by atoms with van der Waals surface area (Å²) in [6.07, 6.45) is 0. The lowest BCUT2D eigenvalue weighted by Gasteiger charge is -2.45. The van der Waals surface area contributed by atoms with Crippen LogP contribution in [0.5, 0.6) is 5.75 Å². The number of hydrogen-bond donors (Lipinski definition) is 2. The third kappa shape index (κ3) is 2.19. The number of anilines is 1. The van der Waals surface area contributed by atoms with Gasteiger partial charge in [-0.1, -0.05) is 41.9 Å². The summed E-state index contributed by atoms with van der Waals surface area (Å²) in [6, 6.07) is 17.8. The van der Waals surface area contributed by atoms with Crippen molar-refractivity contribution in [3.8, 4) is 5.75 Å². The first-order valence-electron chi connectivity index (χ1n) is 9.47. The Morgan fingerprint density at radius 3 is 2.68 bits per heavy atom. The van der Waals surface area contributed by atoms with Crippen molar-refractivity contribution in [2.45, 2.75) is 38.0 Å². The van der Waals surface area contributed by atoms with E-state index in [4.69, 9.17) is 27.1 Å². The molecule has 0 aromatic heterocycles. The van der Waals surface area contributed by atoms with E-state index in [-0.39, 0.29) is 6.04 Å². The van der Waals surface area contributed by atoms with Crippen LogP contribution in [-0.4, -0.2) is 17.5 Å². The van der Waals surface area contributed by atoms with E-state index in [1.165, 1.54) is 0 Å². The molecule has 2 unspecified atom stereocenters. The topological polar surface area (TPSA) is 59.6 Å². The minimum absolute atomic E-state index is 0.288. The van der Waals surface area contributed by atoms with Gasteiger partial charge in [0, 0.05) is 22.1 Å². The maximum absolute atomic E-state index is 6.74. The molecule has 28 heavy (non-hydrogen) atoms. The summed E-state index contributed by atoms with van der Waals surface area (Å²) in [5.41, 5.74) is 8.84. The van der Waals surface area contributed by atoms with Gasteiger partial charge in [0.1, 0.15) is 17.1 Å². The molecule has 0 aliphatic carbocycles. The fourth-order valence-corrected chi connectivity index (χ4v) is 4.66. The van der Waals surface area contributed by atoms with Crippen molar-refractivity contribution in [3.63, 3.8) is 0 Å². The lowest BCUT2D eigenvalue weighted by molar-refractivity contribution is 0.0985. The normalized spacial score (nSPS) is 22.8. The van der Waals surface area contributed by atoms with Gasteiger partial charge in [-0.25, -0.2) is 4.99 Å². The van der Waals surface area contributed by atoms with E-state index >= 15 is 0 Å². The van der Waals surface area contributed by atoms with Crippen LogP contribution in [0.15, 0.2) is 59.6 Å². The van der Waals surface area contributed by atoms with Crippen LogP contribution in [0, 0.1) is 0 Å². The highest BCUT2D eigenvalue weighted by atomic mass is 35.5. The first kappa shape index (κ1) is 17.5. The van der Waals surface area contributed by atoms with Gasteiger partial charge in [-0.2, -0.15) is 0 Å².